The Labute approximate surface area is 174 Å². The summed E-state index contributed by atoms with van der Waals surface area (Å²) in [6.45, 7) is 1.26. The lowest BCUT2D eigenvalue weighted by Gasteiger charge is -2.18. The number of esters is 1. The third kappa shape index (κ3) is 4.85. The van der Waals surface area contributed by atoms with Crippen LogP contribution in [-0.4, -0.2) is 29.8 Å². The van der Waals surface area contributed by atoms with Gasteiger partial charge in [-0.1, -0.05) is 17.7 Å². The van der Waals surface area contributed by atoms with Gasteiger partial charge in [0, 0.05) is 39.1 Å². The summed E-state index contributed by atoms with van der Waals surface area (Å²) in [7, 11) is 0. The van der Waals surface area contributed by atoms with E-state index in [-0.39, 0.29) is 23.2 Å². The van der Waals surface area contributed by atoms with Gasteiger partial charge in [-0.05, 0) is 43.3 Å². The zero-order valence-corrected chi connectivity index (χ0v) is 16.4. The summed E-state index contributed by atoms with van der Waals surface area (Å²) in [6.07, 6.45) is -3.72. The molecule has 2 amide bonds. The smallest absolute Gasteiger partial charge is 0.406 e. The van der Waals surface area contributed by atoms with Gasteiger partial charge < -0.3 is 20.4 Å². The highest BCUT2D eigenvalue weighted by atomic mass is 35.5. The van der Waals surface area contributed by atoms with Crippen LogP contribution in [-0.2, 0) is 9.53 Å². The largest absolute Gasteiger partial charge is 0.465 e. The van der Waals surface area contributed by atoms with Crippen LogP contribution in [0.2, 0.25) is 5.02 Å². The highest BCUT2D eigenvalue weighted by Crippen LogP contribution is 2.39. The van der Waals surface area contributed by atoms with Gasteiger partial charge in [-0.2, -0.15) is 13.2 Å². The molecule has 0 saturated carbocycles. The fourth-order valence-corrected chi connectivity index (χ4v) is 3.17. The number of aromatic nitrogens is 1. The number of halogens is 4. The van der Waals surface area contributed by atoms with Crippen molar-refractivity contribution in [2.75, 3.05) is 17.2 Å². The van der Waals surface area contributed by atoms with Crippen molar-refractivity contribution < 1.29 is 27.5 Å². The van der Waals surface area contributed by atoms with Crippen LogP contribution in [0.25, 0.3) is 10.9 Å². The van der Waals surface area contributed by atoms with Crippen LogP contribution in [0.4, 0.5) is 29.3 Å². The van der Waals surface area contributed by atoms with Crippen LogP contribution in [0.5, 0.6) is 0 Å². The van der Waals surface area contributed by atoms with Crippen LogP contribution in [0.15, 0.2) is 48.7 Å². The number of aromatic amines is 1. The first kappa shape index (κ1) is 21.5. The van der Waals surface area contributed by atoms with Crippen LogP contribution in [0, 0.1) is 0 Å². The quantitative estimate of drug-likeness (QED) is 0.447. The Kier molecular flexibility index (Phi) is 6.21. The second kappa shape index (κ2) is 8.66. The van der Waals surface area contributed by atoms with E-state index in [0.29, 0.717) is 16.2 Å². The van der Waals surface area contributed by atoms with Gasteiger partial charge >= 0.3 is 18.2 Å². The maximum absolute atomic E-state index is 13.6. The number of alkyl halides is 3. The summed E-state index contributed by atoms with van der Waals surface area (Å²) in [5, 5.41) is 5.70. The minimum atomic E-state index is -4.84. The second-order valence-corrected chi connectivity index (χ2v) is 6.76. The van der Waals surface area contributed by atoms with Gasteiger partial charge in [0.2, 0.25) is 0 Å². The summed E-state index contributed by atoms with van der Waals surface area (Å²) in [6, 6.07) is 10.3. The fraction of sp³-hybridized carbons (Fsp3) is 0.200. The second-order valence-electron chi connectivity index (χ2n) is 6.32. The average molecular weight is 440 g/mol. The number of carbonyl (C=O) groups excluding carboxylic acids is 2. The molecule has 1 atom stereocenters. The van der Waals surface area contributed by atoms with E-state index in [9.17, 15) is 22.8 Å². The zero-order chi connectivity index (χ0) is 21.9. The van der Waals surface area contributed by atoms with Crippen molar-refractivity contribution in [2.24, 2.45) is 0 Å². The molecule has 158 valence electrons. The average Bonchev–Trinajstić information content (AvgIpc) is 3.03. The molecule has 0 spiro atoms. The zero-order valence-electron chi connectivity index (χ0n) is 15.6. The van der Waals surface area contributed by atoms with Gasteiger partial charge in [0.1, 0.15) is 0 Å². The maximum atomic E-state index is 13.6. The number of hydrogen-bond donors (Lipinski definition) is 3. The van der Waals surface area contributed by atoms with Gasteiger partial charge in [0.05, 0.1) is 6.61 Å². The Morgan fingerprint density at radius 3 is 2.47 bits per heavy atom. The van der Waals surface area contributed by atoms with Crippen LogP contribution < -0.4 is 10.6 Å². The first-order chi connectivity index (χ1) is 14.2. The van der Waals surface area contributed by atoms with E-state index in [4.69, 9.17) is 11.6 Å². The topological polar surface area (TPSA) is 83.2 Å². The van der Waals surface area contributed by atoms with E-state index in [0.717, 1.165) is 6.20 Å². The van der Waals surface area contributed by atoms with E-state index < -0.39 is 24.1 Å². The number of ether oxygens (including phenoxy) is 1. The number of urea groups is 1. The van der Waals surface area contributed by atoms with Crippen molar-refractivity contribution >= 4 is 45.9 Å². The molecule has 0 bridgehead atoms. The molecule has 0 aliphatic heterocycles. The Hall–Kier alpha value is -3.20. The van der Waals surface area contributed by atoms with Crippen molar-refractivity contribution in [3.63, 3.8) is 0 Å². The van der Waals surface area contributed by atoms with E-state index in [1.165, 1.54) is 25.1 Å². The molecule has 1 heterocycles. The van der Waals surface area contributed by atoms with Crippen molar-refractivity contribution in [2.45, 2.75) is 19.0 Å². The number of benzene rings is 2. The number of rotatable bonds is 5. The minimum absolute atomic E-state index is 0.144. The lowest BCUT2D eigenvalue weighted by atomic mass is 9.97. The van der Waals surface area contributed by atoms with E-state index in [1.54, 1.807) is 24.3 Å². The molecule has 3 rings (SSSR count). The molecule has 0 aliphatic rings. The highest BCUT2D eigenvalue weighted by Gasteiger charge is 2.48. The monoisotopic (exact) mass is 439 g/mol. The third-order valence-corrected chi connectivity index (χ3v) is 4.45. The van der Waals surface area contributed by atoms with Crippen molar-refractivity contribution in [3.8, 4) is 0 Å². The summed E-state index contributed by atoms with van der Waals surface area (Å²) in [5.74, 6) is -3.83. The third-order valence-electron chi connectivity index (χ3n) is 4.21. The summed E-state index contributed by atoms with van der Waals surface area (Å²) in [5.41, 5.74) is 0.787. The van der Waals surface area contributed by atoms with Gasteiger partial charge in [0.15, 0.2) is 5.92 Å². The number of carbonyl (C=O) groups is 2. The SMILES string of the molecule is CCOC(=O)C(c1c[nH]c2ccc(NC(=O)Nc3cccc(Cl)c3)cc12)C(F)(F)F. The molecule has 0 saturated heterocycles. The highest BCUT2D eigenvalue weighted by molar-refractivity contribution is 6.30. The van der Waals surface area contributed by atoms with E-state index in [2.05, 4.69) is 20.4 Å². The Morgan fingerprint density at radius 1 is 1.13 bits per heavy atom. The first-order valence-corrected chi connectivity index (χ1v) is 9.24. The van der Waals surface area contributed by atoms with Gasteiger partial charge in [-0.3, -0.25) is 4.79 Å². The molecule has 30 heavy (non-hydrogen) atoms. The van der Waals surface area contributed by atoms with Crippen molar-refractivity contribution in [3.05, 3.63) is 59.2 Å². The fourth-order valence-electron chi connectivity index (χ4n) is 2.98. The molecule has 0 radical (unpaired) electrons. The molecule has 3 aromatic rings. The van der Waals surface area contributed by atoms with Gasteiger partial charge in [-0.25, -0.2) is 4.79 Å². The molecule has 0 aliphatic carbocycles. The van der Waals surface area contributed by atoms with E-state index >= 15 is 0 Å². The number of fused-ring (bicyclic) bond motifs is 1. The normalized spacial score (nSPS) is 12.4. The van der Waals surface area contributed by atoms with Crippen molar-refractivity contribution in [1.82, 2.24) is 4.98 Å². The number of nitrogens with one attached hydrogen (secondary N) is 3. The number of hydrogen-bond acceptors (Lipinski definition) is 3. The molecule has 10 heteroatoms. The molecule has 3 N–H and O–H groups in total. The first-order valence-electron chi connectivity index (χ1n) is 8.87. The standard InChI is InChI=1S/C20H17ClF3N3O3/c1-2-30-18(28)17(20(22,23)24)15-10-25-16-7-6-13(9-14(15)16)27-19(29)26-12-5-3-4-11(21)8-12/h3-10,17,25H,2H2,1H3,(H2,26,27,29). The summed E-state index contributed by atoms with van der Waals surface area (Å²) in [4.78, 5) is 26.9. The van der Waals surface area contributed by atoms with Crippen LogP contribution >= 0.6 is 11.6 Å². The minimum Gasteiger partial charge on any atom is -0.465 e. The number of H-pyrrole nitrogens is 1. The Morgan fingerprint density at radius 2 is 1.83 bits per heavy atom. The Bertz CT molecular complexity index is 1080. The molecule has 1 aromatic heterocycles. The maximum Gasteiger partial charge on any atom is 0.406 e. The molecule has 0 fully saturated rings. The summed E-state index contributed by atoms with van der Waals surface area (Å²) >= 11 is 5.87. The molecular formula is C20H17ClF3N3O3. The lowest BCUT2D eigenvalue weighted by Crippen LogP contribution is -2.30. The predicted molar refractivity (Wildman–Crippen MR) is 108 cm³/mol. The molecular weight excluding hydrogens is 423 g/mol. The van der Waals surface area contributed by atoms with Crippen molar-refractivity contribution in [1.29, 1.82) is 0 Å². The van der Waals surface area contributed by atoms with E-state index in [1.807, 2.05) is 0 Å². The molecule has 1 unspecified atom stereocenters. The lowest BCUT2D eigenvalue weighted by molar-refractivity contribution is -0.180. The van der Waals surface area contributed by atoms with Gasteiger partial charge in [-0.15, -0.1) is 0 Å². The number of anilines is 2. The van der Waals surface area contributed by atoms with Gasteiger partial charge in [0.25, 0.3) is 0 Å². The number of amides is 2. The Balaban J connectivity index is 1.88. The van der Waals surface area contributed by atoms with Crippen LogP contribution in [0.3, 0.4) is 0 Å². The van der Waals surface area contributed by atoms with Crippen LogP contribution in [0.1, 0.15) is 18.4 Å². The predicted octanol–water partition coefficient (Wildman–Crippen LogP) is 5.67. The molecule has 2 aromatic carbocycles. The summed E-state index contributed by atoms with van der Waals surface area (Å²) < 4.78 is 45.3. The molecule has 6 nitrogen and oxygen atoms in total.